The molecule has 1 atom stereocenters. The fourth-order valence-corrected chi connectivity index (χ4v) is 2.19. The van der Waals surface area contributed by atoms with Gasteiger partial charge in [0, 0.05) is 6.54 Å². The van der Waals surface area contributed by atoms with Crippen LogP contribution in [0.25, 0.3) is 0 Å². The standard InChI is InChI=1S/C14H19N3O/c1-3-10-15-13-16-12(18)14(4-2,17-13)11-8-6-5-7-9-11/h5-9H,3-4,10H2,1-2H3,(H2,15,16,17,18). The van der Waals surface area contributed by atoms with Crippen molar-refractivity contribution in [2.24, 2.45) is 4.99 Å². The van der Waals surface area contributed by atoms with Crippen molar-refractivity contribution in [2.45, 2.75) is 32.2 Å². The number of carbonyl (C=O) groups is 1. The summed E-state index contributed by atoms with van der Waals surface area (Å²) < 4.78 is 0. The van der Waals surface area contributed by atoms with Crippen molar-refractivity contribution < 1.29 is 4.79 Å². The van der Waals surface area contributed by atoms with Crippen LogP contribution in [-0.2, 0) is 10.3 Å². The highest BCUT2D eigenvalue weighted by molar-refractivity contribution is 6.09. The van der Waals surface area contributed by atoms with Crippen molar-refractivity contribution in [3.8, 4) is 0 Å². The van der Waals surface area contributed by atoms with Crippen LogP contribution in [0, 0.1) is 0 Å². The van der Waals surface area contributed by atoms with E-state index in [0.29, 0.717) is 12.4 Å². The number of nitrogens with zero attached hydrogens (tertiary/aromatic N) is 1. The van der Waals surface area contributed by atoms with Crippen LogP contribution in [-0.4, -0.2) is 18.4 Å². The Labute approximate surface area is 108 Å². The quantitative estimate of drug-likeness (QED) is 0.849. The minimum atomic E-state index is -0.673. The van der Waals surface area contributed by atoms with E-state index in [9.17, 15) is 4.79 Å². The third kappa shape index (κ3) is 2.10. The Morgan fingerprint density at radius 3 is 2.56 bits per heavy atom. The molecule has 1 aliphatic rings. The van der Waals surface area contributed by atoms with Gasteiger partial charge < -0.3 is 5.32 Å². The van der Waals surface area contributed by atoms with Gasteiger partial charge in [0.1, 0.15) is 5.54 Å². The molecule has 1 saturated heterocycles. The SMILES string of the molecule is CCCN=C1NC(=O)C(CC)(c2ccccc2)N1. The summed E-state index contributed by atoms with van der Waals surface area (Å²) in [6.07, 6.45) is 1.65. The first-order valence-electron chi connectivity index (χ1n) is 6.42. The molecule has 2 N–H and O–H groups in total. The summed E-state index contributed by atoms with van der Waals surface area (Å²) in [5, 5.41) is 6.07. The Bertz CT molecular complexity index is 455. The van der Waals surface area contributed by atoms with Gasteiger partial charge in [0.15, 0.2) is 5.96 Å². The molecule has 0 radical (unpaired) electrons. The molecule has 0 saturated carbocycles. The Morgan fingerprint density at radius 2 is 1.94 bits per heavy atom. The molecule has 1 heterocycles. The van der Waals surface area contributed by atoms with Gasteiger partial charge in [-0.3, -0.25) is 15.1 Å². The molecule has 1 amide bonds. The molecule has 1 aromatic rings. The van der Waals surface area contributed by atoms with Crippen LogP contribution in [0.1, 0.15) is 32.3 Å². The normalized spacial score (nSPS) is 25.0. The van der Waals surface area contributed by atoms with Crippen molar-refractivity contribution >= 4 is 11.9 Å². The molecule has 18 heavy (non-hydrogen) atoms. The van der Waals surface area contributed by atoms with Crippen LogP contribution >= 0.6 is 0 Å². The van der Waals surface area contributed by atoms with Gasteiger partial charge in [-0.05, 0) is 18.4 Å². The number of guanidine groups is 1. The maximum Gasteiger partial charge on any atom is 0.257 e. The molecule has 0 bridgehead atoms. The van der Waals surface area contributed by atoms with Crippen molar-refractivity contribution in [1.82, 2.24) is 10.6 Å². The van der Waals surface area contributed by atoms with Crippen molar-refractivity contribution in [3.63, 3.8) is 0 Å². The lowest BCUT2D eigenvalue weighted by atomic mass is 9.87. The van der Waals surface area contributed by atoms with Gasteiger partial charge in [-0.2, -0.15) is 0 Å². The first-order chi connectivity index (χ1) is 8.73. The minimum Gasteiger partial charge on any atom is -0.338 e. The first kappa shape index (κ1) is 12.6. The number of benzene rings is 1. The summed E-state index contributed by atoms with van der Waals surface area (Å²) in [5.41, 5.74) is 0.306. The van der Waals surface area contributed by atoms with E-state index < -0.39 is 5.54 Å². The smallest absolute Gasteiger partial charge is 0.257 e. The zero-order valence-electron chi connectivity index (χ0n) is 10.9. The van der Waals surface area contributed by atoms with Gasteiger partial charge in [0.25, 0.3) is 5.91 Å². The average molecular weight is 245 g/mol. The van der Waals surface area contributed by atoms with Gasteiger partial charge in [-0.15, -0.1) is 0 Å². The summed E-state index contributed by atoms with van der Waals surface area (Å²) in [6.45, 7) is 4.78. The second-order valence-electron chi connectivity index (χ2n) is 4.43. The Balaban J connectivity index is 2.32. The largest absolute Gasteiger partial charge is 0.338 e. The third-order valence-corrected chi connectivity index (χ3v) is 3.24. The van der Waals surface area contributed by atoms with E-state index in [4.69, 9.17) is 0 Å². The third-order valence-electron chi connectivity index (χ3n) is 3.24. The van der Waals surface area contributed by atoms with E-state index in [1.54, 1.807) is 0 Å². The van der Waals surface area contributed by atoms with Gasteiger partial charge in [-0.25, -0.2) is 0 Å². The van der Waals surface area contributed by atoms with Gasteiger partial charge in [0.2, 0.25) is 0 Å². The van der Waals surface area contributed by atoms with Crippen molar-refractivity contribution in [3.05, 3.63) is 35.9 Å². The highest BCUT2D eigenvalue weighted by Crippen LogP contribution is 2.28. The van der Waals surface area contributed by atoms with Crippen LogP contribution in [0.2, 0.25) is 0 Å². The lowest BCUT2D eigenvalue weighted by Gasteiger charge is -2.25. The van der Waals surface area contributed by atoms with Crippen molar-refractivity contribution in [2.75, 3.05) is 6.54 Å². The fraction of sp³-hybridized carbons (Fsp3) is 0.429. The molecule has 0 aromatic heterocycles. The first-order valence-corrected chi connectivity index (χ1v) is 6.42. The lowest BCUT2D eigenvalue weighted by molar-refractivity contribution is -0.124. The Morgan fingerprint density at radius 1 is 1.22 bits per heavy atom. The average Bonchev–Trinajstić information content (AvgIpc) is 2.75. The minimum absolute atomic E-state index is 0.0222. The van der Waals surface area contributed by atoms with E-state index in [0.717, 1.165) is 18.5 Å². The van der Waals surface area contributed by atoms with Crippen molar-refractivity contribution in [1.29, 1.82) is 0 Å². The predicted molar refractivity (Wildman–Crippen MR) is 72.3 cm³/mol. The maximum absolute atomic E-state index is 12.2. The molecule has 96 valence electrons. The topological polar surface area (TPSA) is 53.5 Å². The summed E-state index contributed by atoms with van der Waals surface area (Å²) in [6, 6.07) is 9.79. The lowest BCUT2D eigenvalue weighted by Crippen LogP contribution is -2.43. The highest BCUT2D eigenvalue weighted by atomic mass is 16.2. The molecular weight excluding hydrogens is 226 g/mol. The zero-order chi connectivity index (χ0) is 13.0. The number of hydrogen-bond acceptors (Lipinski definition) is 2. The number of amides is 1. The Kier molecular flexibility index (Phi) is 3.65. The maximum atomic E-state index is 12.2. The number of aliphatic imine (C=N–C) groups is 1. The summed E-state index contributed by atoms with van der Waals surface area (Å²) in [5.74, 6) is 0.568. The van der Waals surface area contributed by atoms with Crippen LogP contribution < -0.4 is 10.6 Å². The van der Waals surface area contributed by atoms with Crippen LogP contribution in [0.15, 0.2) is 35.3 Å². The molecule has 4 heteroatoms. The molecular formula is C14H19N3O. The highest BCUT2D eigenvalue weighted by Gasteiger charge is 2.44. The number of nitrogens with one attached hydrogen (secondary N) is 2. The zero-order valence-corrected chi connectivity index (χ0v) is 10.9. The van der Waals surface area contributed by atoms with E-state index in [1.165, 1.54) is 0 Å². The van der Waals surface area contributed by atoms with E-state index in [-0.39, 0.29) is 5.91 Å². The Hall–Kier alpha value is -1.84. The monoisotopic (exact) mass is 245 g/mol. The van der Waals surface area contributed by atoms with Gasteiger partial charge in [-0.1, -0.05) is 44.2 Å². The second-order valence-corrected chi connectivity index (χ2v) is 4.43. The molecule has 1 fully saturated rings. The molecule has 1 aromatic carbocycles. The van der Waals surface area contributed by atoms with Crippen LogP contribution in [0.4, 0.5) is 0 Å². The van der Waals surface area contributed by atoms with Gasteiger partial charge in [0.05, 0.1) is 0 Å². The molecule has 1 aliphatic heterocycles. The molecule has 0 aliphatic carbocycles. The summed E-state index contributed by atoms with van der Waals surface area (Å²) in [7, 11) is 0. The summed E-state index contributed by atoms with van der Waals surface area (Å²) in [4.78, 5) is 16.6. The van der Waals surface area contributed by atoms with E-state index in [1.807, 2.05) is 37.3 Å². The number of hydrogen-bond donors (Lipinski definition) is 2. The molecule has 1 unspecified atom stereocenters. The predicted octanol–water partition coefficient (Wildman–Crippen LogP) is 1.78. The second kappa shape index (κ2) is 5.21. The fourth-order valence-electron chi connectivity index (χ4n) is 2.19. The number of rotatable bonds is 4. The number of carbonyl (C=O) groups excluding carboxylic acids is 1. The van der Waals surface area contributed by atoms with Crippen LogP contribution in [0.3, 0.4) is 0 Å². The molecule has 0 spiro atoms. The molecule has 2 rings (SSSR count). The van der Waals surface area contributed by atoms with Crippen LogP contribution in [0.5, 0.6) is 0 Å². The molecule has 4 nitrogen and oxygen atoms in total. The summed E-state index contributed by atoms with van der Waals surface area (Å²) >= 11 is 0. The van der Waals surface area contributed by atoms with E-state index >= 15 is 0 Å². The van der Waals surface area contributed by atoms with E-state index in [2.05, 4.69) is 22.5 Å². The van der Waals surface area contributed by atoms with Gasteiger partial charge >= 0.3 is 0 Å².